The monoisotopic (exact) mass is 295 g/mol. The number of carbonyl (C=O) groups excluding carboxylic acids is 2. The first kappa shape index (κ1) is 14.7. The average molecular weight is 296 g/mol. The second kappa shape index (κ2) is 6.13. The highest BCUT2D eigenvalue weighted by atomic mass is 35.5. The van der Waals surface area contributed by atoms with Crippen LogP contribution in [0.5, 0.6) is 0 Å². The number of carbonyl (C=O) groups is 2. The number of hydrogen-bond donors (Lipinski definition) is 3. The lowest BCUT2D eigenvalue weighted by Crippen LogP contribution is -2.57. The average Bonchev–Trinajstić information content (AvgIpc) is 2.88. The van der Waals surface area contributed by atoms with Crippen molar-refractivity contribution >= 4 is 23.5 Å². The second-order valence-corrected chi connectivity index (χ2v) is 5.52. The third kappa shape index (κ3) is 3.42. The first-order chi connectivity index (χ1) is 9.52. The van der Waals surface area contributed by atoms with Crippen LogP contribution >= 0.6 is 11.6 Å². The lowest BCUT2D eigenvalue weighted by Gasteiger charge is -2.26. The minimum Gasteiger partial charge on any atom is -0.368 e. The Morgan fingerprint density at radius 3 is 2.35 bits per heavy atom. The molecule has 0 atom stereocenters. The van der Waals surface area contributed by atoms with E-state index in [0.717, 1.165) is 18.4 Å². The maximum absolute atomic E-state index is 11.9. The molecule has 1 saturated carbocycles. The van der Waals surface area contributed by atoms with Crippen molar-refractivity contribution in [1.82, 2.24) is 10.6 Å². The normalized spacial score (nSPS) is 16.6. The van der Waals surface area contributed by atoms with Crippen LogP contribution in [-0.4, -0.2) is 17.5 Å². The smallest absolute Gasteiger partial charge is 0.315 e. The Kier molecular flexibility index (Phi) is 4.49. The number of urea groups is 1. The zero-order valence-corrected chi connectivity index (χ0v) is 11.9. The van der Waals surface area contributed by atoms with Crippen molar-refractivity contribution in [1.29, 1.82) is 0 Å². The van der Waals surface area contributed by atoms with E-state index in [-0.39, 0.29) is 6.03 Å². The van der Waals surface area contributed by atoms with Gasteiger partial charge in [0.25, 0.3) is 0 Å². The maximum Gasteiger partial charge on any atom is 0.315 e. The summed E-state index contributed by atoms with van der Waals surface area (Å²) in [5.41, 5.74) is 5.46. The van der Waals surface area contributed by atoms with Crippen molar-refractivity contribution < 1.29 is 9.59 Å². The Morgan fingerprint density at radius 1 is 1.20 bits per heavy atom. The number of primary amides is 1. The molecule has 3 amide bonds. The molecule has 1 aromatic rings. The van der Waals surface area contributed by atoms with Crippen molar-refractivity contribution in [2.45, 2.75) is 37.8 Å². The molecular weight excluding hydrogens is 278 g/mol. The molecule has 2 rings (SSSR count). The first-order valence-corrected chi connectivity index (χ1v) is 7.00. The zero-order valence-electron chi connectivity index (χ0n) is 11.1. The van der Waals surface area contributed by atoms with Gasteiger partial charge < -0.3 is 16.4 Å². The van der Waals surface area contributed by atoms with Gasteiger partial charge >= 0.3 is 6.03 Å². The topological polar surface area (TPSA) is 84.2 Å². The Labute approximate surface area is 122 Å². The summed E-state index contributed by atoms with van der Waals surface area (Å²) >= 11 is 5.79. The SMILES string of the molecule is NC(=O)C1(NC(=O)NCc2ccc(Cl)cc2)CCCC1. The minimum absolute atomic E-state index is 0.373. The molecule has 0 heterocycles. The third-order valence-corrected chi connectivity index (χ3v) is 3.90. The molecule has 0 saturated heterocycles. The van der Waals surface area contributed by atoms with E-state index in [9.17, 15) is 9.59 Å². The number of halogens is 1. The molecule has 4 N–H and O–H groups in total. The lowest BCUT2D eigenvalue weighted by molar-refractivity contribution is -0.123. The molecule has 1 aromatic carbocycles. The van der Waals surface area contributed by atoms with Crippen molar-refractivity contribution in [2.24, 2.45) is 5.73 Å². The fourth-order valence-electron chi connectivity index (χ4n) is 2.46. The highest BCUT2D eigenvalue weighted by molar-refractivity contribution is 6.30. The van der Waals surface area contributed by atoms with Gasteiger partial charge in [0.1, 0.15) is 5.54 Å². The summed E-state index contributed by atoms with van der Waals surface area (Å²) in [7, 11) is 0. The van der Waals surface area contributed by atoms with E-state index >= 15 is 0 Å². The van der Waals surface area contributed by atoms with Gasteiger partial charge in [-0.3, -0.25) is 4.79 Å². The lowest BCUT2D eigenvalue weighted by atomic mass is 9.97. The Balaban J connectivity index is 1.89. The van der Waals surface area contributed by atoms with Crippen molar-refractivity contribution in [3.8, 4) is 0 Å². The number of nitrogens with two attached hydrogens (primary N) is 1. The van der Waals surface area contributed by atoms with Gasteiger partial charge in [-0.05, 0) is 30.5 Å². The van der Waals surface area contributed by atoms with Crippen LogP contribution in [0.25, 0.3) is 0 Å². The molecule has 1 fully saturated rings. The number of rotatable bonds is 4. The van der Waals surface area contributed by atoms with Crippen LogP contribution in [0.1, 0.15) is 31.2 Å². The summed E-state index contributed by atoms with van der Waals surface area (Å²) in [4.78, 5) is 23.4. The number of hydrogen-bond acceptors (Lipinski definition) is 2. The Hall–Kier alpha value is -1.75. The molecule has 0 aromatic heterocycles. The van der Waals surface area contributed by atoms with Gasteiger partial charge in [0.05, 0.1) is 0 Å². The molecule has 0 radical (unpaired) electrons. The van der Waals surface area contributed by atoms with E-state index in [1.54, 1.807) is 12.1 Å². The number of benzene rings is 1. The number of amides is 3. The molecule has 108 valence electrons. The quantitative estimate of drug-likeness (QED) is 0.793. The van der Waals surface area contributed by atoms with Crippen molar-refractivity contribution in [2.75, 3.05) is 0 Å². The van der Waals surface area contributed by atoms with Gasteiger partial charge in [0, 0.05) is 11.6 Å². The molecule has 20 heavy (non-hydrogen) atoms. The Bertz CT molecular complexity index is 496. The molecule has 6 heteroatoms. The first-order valence-electron chi connectivity index (χ1n) is 6.62. The summed E-state index contributed by atoms with van der Waals surface area (Å²) in [6.45, 7) is 0.373. The van der Waals surface area contributed by atoms with Gasteiger partial charge in [0.2, 0.25) is 5.91 Å². The molecule has 0 unspecified atom stereocenters. The second-order valence-electron chi connectivity index (χ2n) is 5.09. The van der Waals surface area contributed by atoms with Gasteiger partial charge in [-0.15, -0.1) is 0 Å². The fourth-order valence-corrected chi connectivity index (χ4v) is 2.58. The zero-order chi connectivity index (χ0) is 14.6. The summed E-state index contributed by atoms with van der Waals surface area (Å²) in [5, 5.41) is 6.10. The van der Waals surface area contributed by atoms with E-state index in [4.69, 9.17) is 17.3 Å². The van der Waals surface area contributed by atoms with E-state index in [1.165, 1.54) is 0 Å². The van der Waals surface area contributed by atoms with Crippen molar-refractivity contribution in [3.05, 3.63) is 34.9 Å². The van der Waals surface area contributed by atoms with Crippen LogP contribution < -0.4 is 16.4 Å². The van der Waals surface area contributed by atoms with Crippen LogP contribution in [0.15, 0.2) is 24.3 Å². The predicted molar refractivity (Wildman–Crippen MR) is 77.2 cm³/mol. The van der Waals surface area contributed by atoms with Crippen LogP contribution in [0.3, 0.4) is 0 Å². The number of nitrogens with one attached hydrogen (secondary N) is 2. The highest BCUT2D eigenvalue weighted by Crippen LogP contribution is 2.29. The molecular formula is C14H18ClN3O2. The molecule has 0 bridgehead atoms. The van der Waals surface area contributed by atoms with E-state index in [0.29, 0.717) is 24.4 Å². The standard InChI is InChI=1S/C14H18ClN3O2/c15-11-5-3-10(4-6-11)9-17-13(20)18-14(12(16)19)7-1-2-8-14/h3-6H,1-2,7-9H2,(H2,16,19)(H2,17,18,20). The molecule has 1 aliphatic carbocycles. The van der Waals surface area contributed by atoms with Crippen LogP contribution in [-0.2, 0) is 11.3 Å². The maximum atomic E-state index is 11.9. The van der Waals surface area contributed by atoms with E-state index < -0.39 is 11.4 Å². The fraction of sp³-hybridized carbons (Fsp3) is 0.429. The summed E-state index contributed by atoms with van der Waals surface area (Å²) in [5.74, 6) is -0.461. The predicted octanol–water partition coefficient (Wildman–Crippen LogP) is 1.94. The Morgan fingerprint density at radius 2 is 1.80 bits per heavy atom. The van der Waals surface area contributed by atoms with E-state index in [2.05, 4.69) is 10.6 Å². The van der Waals surface area contributed by atoms with E-state index in [1.807, 2.05) is 12.1 Å². The molecule has 5 nitrogen and oxygen atoms in total. The van der Waals surface area contributed by atoms with Crippen LogP contribution in [0.2, 0.25) is 5.02 Å². The summed E-state index contributed by atoms with van der Waals surface area (Å²) in [6.07, 6.45) is 3.02. The molecule has 0 spiro atoms. The molecule has 1 aliphatic rings. The van der Waals surface area contributed by atoms with Crippen molar-refractivity contribution in [3.63, 3.8) is 0 Å². The van der Waals surface area contributed by atoms with Gasteiger partial charge in [-0.25, -0.2) is 4.79 Å². The summed E-state index contributed by atoms with van der Waals surface area (Å²) < 4.78 is 0. The molecule has 0 aliphatic heterocycles. The van der Waals surface area contributed by atoms with Gasteiger partial charge in [-0.2, -0.15) is 0 Å². The third-order valence-electron chi connectivity index (χ3n) is 3.65. The van der Waals surface area contributed by atoms with Gasteiger partial charge in [0.15, 0.2) is 0 Å². The van der Waals surface area contributed by atoms with Crippen LogP contribution in [0.4, 0.5) is 4.79 Å². The van der Waals surface area contributed by atoms with Crippen LogP contribution in [0, 0.1) is 0 Å². The minimum atomic E-state index is -0.885. The largest absolute Gasteiger partial charge is 0.368 e. The highest BCUT2D eigenvalue weighted by Gasteiger charge is 2.40. The summed E-state index contributed by atoms with van der Waals surface area (Å²) in [6, 6.07) is 6.82. The van der Waals surface area contributed by atoms with Gasteiger partial charge in [-0.1, -0.05) is 36.6 Å².